The van der Waals surface area contributed by atoms with Gasteiger partial charge in [-0.1, -0.05) is 6.07 Å². The summed E-state index contributed by atoms with van der Waals surface area (Å²) in [6, 6.07) is 18.2. The highest BCUT2D eigenvalue weighted by atomic mass is 16.5. The Hall–Kier alpha value is -2.92. The predicted octanol–water partition coefficient (Wildman–Crippen LogP) is 4.03. The van der Waals surface area contributed by atoms with Gasteiger partial charge >= 0.3 is 0 Å². The molecule has 1 aromatic heterocycles. The Kier molecular flexibility index (Phi) is 4.54. The Morgan fingerprint density at radius 3 is 2.50 bits per heavy atom. The van der Waals surface area contributed by atoms with E-state index in [0.29, 0.717) is 6.61 Å². The lowest BCUT2D eigenvalue weighted by molar-refractivity contribution is 0.114. The second kappa shape index (κ2) is 7.14. The zero-order valence-electron chi connectivity index (χ0n) is 15.0. The number of anilines is 1. The maximum atomic E-state index is 6.01. The Morgan fingerprint density at radius 2 is 1.73 bits per heavy atom. The Labute approximate surface area is 153 Å². The third-order valence-electron chi connectivity index (χ3n) is 4.65. The first-order valence-electron chi connectivity index (χ1n) is 8.63. The molecule has 5 heteroatoms. The van der Waals surface area contributed by atoms with Gasteiger partial charge in [0.2, 0.25) is 0 Å². The third kappa shape index (κ3) is 3.13. The van der Waals surface area contributed by atoms with Crippen LogP contribution in [0.4, 0.5) is 5.69 Å². The summed E-state index contributed by atoms with van der Waals surface area (Å²) in [4.78, 5) is 2.27. The molecule has 4 rings (SSSR count). The van der Waals surface area contributed by atoms with Gasteiger partial charge in [-0.3, -0.25) is 0 Å². The minimum Gasteiger partial charge on any atom is -0.497 e. The van der Waals surface area contributed by atoms with Crippen LogP contribution < -0.4 is 14.4 Å². The first kappa shape index (κ1) is 16.5. The van der Waals surface area contributed by atoms with Gasteiger partial charge in [0, 0.05) is 41.9 Å². The number of aromatic nitrogens is 1. The molecule has 0 bridgehead atoms. The normalized spacial score (nSPS) is 16.7. The number of hydrogen-bond acceptors (Lipinski definition) is 4. The summed E-state index contributed by atoms with van der Waals surface area (Å²) in [6.07, 6.45) is 4.08. The molecular formula is C21H22N2O3. The maximum Gasteiger partial charge on any atom is 0.158 e. The molecule has 134 valence electrons. The molecule has 1 fully saturated rings. The molecule has 2 aromatic carbocycles. The van der Waals surface area contributed by atoms with Crippen molar-refractivity contribution in [1.29, 1.82) is 0 Å². The summed E-state index contributed by atoms with van der Waals surface area (Å²) < 4.78 is 18.7. The molecule has 1 atom stereocenters. The topological polar surface area (TPSA) is 35.9 Å². The molecule has 26 heavy (non-hydrogen) atoms. The molecule has 0 unspecified atom stereocenters. The van der Waals surface area contributed by atoms with E-state index in [9.17, 15) is 0 Å². The number of ether oxygens (including phenoxy) is 3. The van der Waals surface area contributed by atoms with Crippen molar-refractivity contribution in [1.82, 2.24) is 4.57 Å². The molecule has 0 aliphatic carbocycles. The smallest absolute Gasteiger partial charge is 0.158 e. The van der Waals surface area contributed by atoms with Crippen molar-refractivity contribution >= 4 is 5.69 Å². The summed E-state index contributed by atoms with van der Waals surface area (Å²) in [6.45, 7) is 1.57. The van der Waals surface area contributed by atoms with Gasteiger partial charge in [0.1, 0.15) is 11.5 Å². The number of methoxy groups -OCH3 is 2. The van der Waals surface area contributed by atoms with Gasteiger partial charge in [0.15, 0.2) is 6.23 Å². The average Bonchev–Trinajstić information content (AvgIpc) is 3.37. The van der Waals surface area contributed by atoms with E-state index in [0.717, 1.165) is 35.0 Å². The molecular weight excluding hydrogens is 328 g/mol. The van der Waals surface area contributed by atoms with Crippen LogP contribution in [0.15, 0.2) is 67.0 Å². The Morgan fingerprint density at radius 1 is 0.923 bits per heavy atom. The van der Waals surface area contributed by atoms with Gasteiger partial charge in [-0.05, 0) is 42.5 Å². The van der Waals surface area contributed by atoms with Crippen molar-refractivity contribution in [2.45, 2.75) is 6.23 Å². The zero-order valence-corrected chi connectivity index (χ0v) is 15.0. The Bertz CT molecular complexity index is 873. The van der Waals surface area contributed by atoms with Crippen molar-refractivity contribution < 1.29 is 14.2 Å². The average molecular weight is 350 g/mol. The number of rotatable bonds is 5. The van der Waals surface area contributed by atoms with E-state index >= 15 is 0 Å². The number of nitrogens with zero attached hydrogens (tertiary/aromatic N) is 2. The van der Waals surface area contributed by atoms with E-state index in [4.69, 9.17) is 14.2 Å². The number of hydrogen-bond donors (Lipinski definition) is 0. The third-order valence-corrected chi connectivity index (χ3v) is 4.65. The van der Waals surface area contributed by atoms with Crippen molar-refractivity contribution in [3.8, 4) is 17.2 Å². The minimum atomic E-state index is -0.0877. The van der Waals surface area contributed by atoms with Crippen LogP contribution in [0, 0.1) is 0 Å². The van der Waals surface area contributed by atoms with Gasteiger partial charge in [-0.2, -0.15) is 0 Å². The molecule has 5 nitrogen and oxygen atoms in total. The van der Waals surface area contributed by atoms with Crippen molar-refractivity contribution in [2.75, 3.05) is 32.3 Å². The molecule has 2 heterocycles. The standard InChI is InChI=1S/C21H22N2O3/c1-24-19-8-6-17(7-9-19)23-12-13-26-21(23)16-10-11-22(15-16)18-4-3-5-20(14-18)25-2/h3-11,14-15,21H,12-13H2,1-2H3/t21-/m1/s1. The highest BCUT2D eigenvalue weighted by Crippen LogP contribution is 2.33. The first-order chi connectivity index (χ1) is 12.8. The largest absolute Gasteiger partial charge is 0.497 e. The molecule has 1 saturated heterocycles. The fraction of sp³-hybridized carbons (Fsp3) is 0.238. The highest BCUT2D eigenvalue weighted by Gasteiger charge is 2.28. The van der Waals surface area contributed by atoms with E-state index in [1.165, 1.54) is 0 Å². The van der Waals surface area contributed by atoms with E-state index in [-0.39, 0.29) is 6.23 Å². The first-order valence-corrected chi connectivity index (χ1v) is 8.63. The van der Waals surface area contributed by atoms with Gasteiger partial charge < -0.3 is 23.7 Å². The minimum absolute atomic E-state index is 0.0877. The van der Waals surface area contributed by atoms with Crippen LogP contribution >= 0.6 is 0 Å². The lowest BCUT2D eigenvalue weighted by atomic mass is 10.2. The van der Waals surface area contributed by atoms with E-state index in [1.54, 1.807) is 14.2 Å². The summed E-state index contributed by atoms with van der Waals surface area (Å²) >= 11 is 0. The fourth-order valence-electron chi connectivity index (χ4n) is 3.28. The zero-order chi connectivity index (χ0) is 17.9. The molecule has 0 N–H and O–H groups in total. The van der Waals surface area contributed by atoms with Gasteiger partial charge in [0.05, 0.1) is 20.8 Å². The van der Waals surface area contributed by atoms with Crippen LogP contribution in [0.5, 0.6) is 11.5 Å². The van der Waals surface area contributed by atoms with Gasteiger partial charge in [0.25, 0.3) is 0 Å². The van der Waals surface area contributed by atoms with Crippen LogP contribution in [0.25, 0.3) is 5.69 Å². The lowest BCUT2D eigenvalue weighted by Gasteiger charge is -2.24. The predicted molar refractivity (Wildman–Crippen MR) is 101 cm³/mol. The van der Waals surface area contributed by atoms with Crippen molar-refractivity contribution in [3.05, 3.63) is 72.6 Å². The molecule has 0 saturated carbocycles. The molecule has 1 aliphatic rings. The molecule has 3 aromatic rings. The molecule has 0 amide bonds. The Balaban J connectivity index is 1.59. The quantitative estimate of drug-likeness (QED) is 0.696. The van der Waals surface area contributed by atoms with Crippen molar-refractivity contribution in [3.63, 3.8) is 0 Å². The van der Waals surface area contributed by atoms with Crippen molar-refractivity contribution in [2.24, 2.45) is 0 Å². The summed E-state index contributed by atoms with van der Waals surface area (Å²) in [7, 11) is 3.36. The summed E-state index contributed by atoms with van der Waals surface area (Å²) in [5.74, 6) is 1.70. The highest BCUT2D eigenvalue weighted by molar-refractivity contribution is 5.51. The van der Waals surface area contributed by atoms with Crippen LogP contribution in [0.3, 0.4) is 0 Å². The molecule has 0 radical (unpaired) electrons. The van der Waals surface area contributed by atoms with E-state index in [1.807, 2.05) is 30.3 Å². The van der Waals surface area contributed by atoms with Crippen LogP contribution in [0.2, 0.25) is 0 Å². The lowest BCUT2D eigenvalue weighted by Crippen LogP contribution is -2.22. The SMILES string of the molecule is COc1ccc(N2CCO[C@@H]2c2ccn(-c3cccc(OC)c3)c2)cc1. The monoisotopic (exact) mass is 350 g/mol. The summed E-state index contributed by atoms with van der Waals surface area (Å²) in [5, 5.41) is 0. The fourth-order valence-corrected chi connectivity index (χ4v) is 3.28. The van der Waals surface area contributed by atoms with Crippen LogP contribution in [-0.2, 0) is 4.74 Å². The maximum absolute atomic E-state index is 6.01. The van der Waals surface area contributed by atoms with E-state index < -0.39 is 0 Å². The molecule has 0 spiro atoms. The second-order valence-electron chi connectivity index (χ2n) is 6.17. The van der Waals surface area contributed by atoms with Gasteiger partial charge in [-0.15, -0.1) is 0 Å². The van der Waals surface area contributed by atoms with Crippen LogP contribution in [0.1, 0.15) is 11.8 Å². The van der Waals surface area contributed by atoms with E-state index in [2.05, 4.69) is 46.1 Å². The van der Waals surface area contributed by atoms with Crippen LogP contribution in [-0.4, -0.2) is 31.9 Å². The second-order valence-corrected chi connectivity index (χ2v) is 6.17. The number of benzene rings is 2. The molecule has 1 aliphatic heterocycles. The summed E-state index contributed by atoms with van der Waals surface area (Å²) in [5.41, 5.74) is 3.31. The van der Waals surface area contributed by atoms with Gasteiger partial charge in [-0.25, -0.2) is 0 Å².